The molecule has 0 spiro atoms. The van der Waals surface area contributed by atoms with Gasteiger partial charge in [-0.1, -0.05) is 36.4 Å². The Labute approximate surface area is 126 Å². The Morgan fingerprint density at radius 2 is 1.95 bits per heavy atom. The molecule has 1 nitrogen and oxygen atoms in total. The molecular formula is C18H23NS. The van der Waals surface area contributed by atoms with Crippen molar-refractivity contribution >= 4 is 11.3 Å². The monoisotopic (exact) mass is 285 g/mol. The average molecular weight is 285 g/mol. The lowest BCUT2D eigenvalue weighted by molar-refractivity contribution is 0.249. The Balaban J connectivity index is 1.72. The van der Waals surface area contributed by atoms with Crippen molar-refractivity contribution in [2.75, 3.05) is 7.05 Å². The molecule has 1 saturated carbocycles. The van der Waals surface area contributed by atoms with Crippen LogP contribution in [0.15, 0.2) is 47.8 Å². The van der Waals surface area contributed by atoms with Gasteiger partial charge in [0.25, 0.3) is 0 Å². The number of thiophene rings is 1. The molecule has 1 heterocycles. The third-order valence-electron chi connectivity index (χ3n) is 4.67. The molecule has 106 valence electrons. The molecule has 0 bridgehead atoms. The van der Waals surface area contributed by atoms with E-state index < -0.39 is 0 Å². The summed E-state index contributed by atoms with van der Waals surface area (Å²) in [6.45, 7) is 0. The lowest BCUT2D eigenvalue weighted by atomic mass is 9.74. The van der Waals surface area contributed by atoms with E-state index in [2.05, 4.69) is 60.2 Å². The molecule has 0 aliphatic heterocycles. The molecule has 0 radical (unpaired) electrons. The maximum Gasteiger partial charge on any atom is 0.00962 e. The van der Waals surface area contributed by atoms with E-state index in [4.69, 9.17) is 0 Å². The molecule has 3 unspecified atom stereocenters. The summed E-state index contributed by atoms with van der Waals surface area (Å²) in [4.78, 5) is 1.53. The van der Waals surface area contributed by atoms with Crippen molar-refractivity contribution in [2.24, 2.45) is 5.92 Å². The average Bonchev–Trinajstić information content (AvgIpc) is 3.01. The second-order valence-corrected chi connectivity index (χ2v) is 6.89. The molecule has 0 saturated heterocycles. The highest BCUT2D eigenvalue weighted by molar-refractivity contribution is 7.09. The fraction of sp³-hybridized carbons (Fsp3) is 0.444. The number of hydrogen-bond acceptors (Lipinski definition) is 2. The maximum atomic E-state index is 3.54. The Morgan fingerprint density at radius 3 is 2.65 bits per heavy atom. The number of hydrogen-bond donors (Lipinski definition) is 1. The van der Waals surface area contributed by atoms with Crippen molar-refractivity contribution in [1.29, 1.82) is 0 Å². The first-order chi connectivity index (χ1) is 9.86. The van der Waals surface area contributed by atoms with Crippen molar-refractivity contribution < 1.29 is 0 Å². The third kappa shape index (κ3) is 3.13. The first-order valence-electron chi connectivity index (χ1n) is 7.61. The summed E-state index contributed by atoms with van der Waals surface area (Å²) < 4.78 is 0. The van der Waals surface area contributed by atoms with Gasteiger partial charge in [-0.15, -0.1) is 11.3 Å². The first kappa shape index (κ1) is 13.8. The van der Waals surface area contributed by atoms with Crippen LogP contribution in [0.4, 0.5) is 0 Å². The minimum absolute atomic E-state index is 0.678. The van der Waals surface area contributed by atoms with Gasteiger partial charge in [0, 0.05) is 10.9 Å². The predicted octanol–water partition coefficient (Wildman–Crippen LogP) is 4.46. The quantitative estimate of drug-likeness (QED) is 0.874. The summed E-state index contributed by atoms with van der Waals surface area (Å²) in [5, 5.41) is 5.74. The zero-order valence-electron chi connectivity index (χ0n) is 12.1. The van der Waals surface area contributed by atoms with E-state index in [0.717, 1.165) is 11.8 Å². The zero-order valence-corrected chi connectivity index (χ0v) is 12.9. The van der Waals surface area contributed by atoms with E-state index in [1.54, 1.807) is 0 Å². The van der Waals surface area contributed by atoms with Crippen LogP contribution in [-0.2, 0) is 6.42 Å². The maximum absolute atomic E-state index is 3.54. The van der Waals surface area contributed by atoms with Gasteiger partial charge in [0.05, 0.1) is 0 Å². The second kappa shape index (κ2) is 6.55. The smallest absolute Gasteiger partial charge is 0.00962 e. The second-order valence-electron chi connectivity index (χ2n) is 5.86. The summed E-state index contributed by atoms with van der Waals surface area (Å²) in [5.74, 6) is 1.50. The molecule has 1 aliphatic rings. The molecule has 2 aromatic rings. The van der Waals surface area contributed by atoms with Gasteiger partial charge in [0.1, 0.15) is 0 Å². The minimum atomic E-state index is 0.678. The van der Waals surface area contributed by atoms with Gasteiger partial charge in [-0.2, -0.15) is 0 Å². The Bertz CT molecular complexity index is 505. The molecular weight excluding hydrogens is 262 g/mol. The summed E-state index contributed by atoms with van der Waals surface area (Å²) in [5.41, 5.74) is 1.53. The molecule has 1 aromatic carbocycles. The van der Waals surface area contributed by atoms with Crippen molar-refractivity contribution in [2.45, 2.75) is 37.6 Å². The molecule has 1 fully saturated rings. The van der Waals surface area contributed by atoms with Crippen LogP contribution in [0.3, 0.4) is 0 Å². The molecule has 0 amide bonds. The largest absolute Gasteiger partial charge is 0.317 e. The summed E-state index contributed by atoms with van der Waals surface area (Å²) in [6.07, 6.45) is 5.16. The highest BCUT2D eigenvalue weighted by atomic mass is 32.1. The fourth-order valence-electron chi connectivity index (χ4n) is 3.58. The fourth-order valence-corrected chi connectivity index (χ4v) is 4.38. The zero-order chi connectivity index (χ0) is 13.8. The van der Waals surface area contributed by atoms with Crippen LogP contribution in [0.25, 0.3) is 0 Å². The lowest BCUT2D eigenvalue weighted by Gasteiger charge is -2.36. The van der Waals surface area contributed by atoms with E-state index in [1.807, 2.05) is 11.3 Å². The molecule has 1 N–H and O–H groups in total. The van der Waals surface area contributed by atoms with Gasteiger partial charge >= 0.3 is 0 Å². The van der Waals surface area contributed by atoms with Crippen molar-refractivity contribution in [3.8, 4) is 0 Å². The first-order valence-corrected chi connectivity index (χ1v) is 8.49. The summed E-state index contributed by atoms with van der Waals surface area (Å²) in [6, 6.07) is 16.2. The molecule has 1 aliphatic carbocycles. The van der Waals surface area contributed by atoms with E-state index in [9.17, 15) is 0 Å². The lowest BCUT2D eigenvalue weighted by Crippen LogP contribution is -2.39. The van der Waals surface area contributed by atoms with Crippen molar-refractivity contribution in [3.63, 3.8) is 0 Å². The molecule has 1 aromatic heterocycles. The van der Waals surface area contributed by atoms with Crippen LogP contribution < -0.4 is 5.32 Å². The summed E-state index contributed by atoms with van der Waals surface area (Å²) >= 11 is 1.90. The van der Waals surface area contributed by atoms with Gasteiger partial charge in [-0.3, -0.25) is 0 Å². The standard InChI is InChI=1S/C18H23NS/c1-19-18-10-9-15(14-6-3-2-4-7-14)12-16(18)13-17-8-5-11-20-17/h2-8,11,15-16,18-19H,9-10,12-13H2,1H3. The predicted molar refractivity (Wildman–Crippen MR) is 87.4 cm³/mol. The van der Waals surface area contributed by atoms with Crippen LogP contribution in [0.1, 0.15) is 35.6 Å². The molecule has 3 atom stereocenters. The van der Waals surface area contributed by atoms with Crippen LogP contribution >= 0.6 is 11.3 Å². The normalized spacial score (nSPS) is 26.6. The van der Waals surface area contributed by atoms with Crippen LogP contribution in [0.5, 0.6) is 0 Å². The number of benzene rings is 1. The van der Waals surface area contributed by atoms with Crippen molar-refractivity contribution in [1.82, 2.24) is 5.32 Å². The number of nitrogens with one attached hydrogen (secondary N) is 1. The van der Waals surface area contributed by atoms with E-state index in [-0.39, 0.29) is 0 Å². The SMILES string of the molecule is CNC1CCC(c2ccccc2)CC1Cc1cccs1. The Morgan fingerprint density at radius 1 is 1.10 bits per heavy atom. The van der Waals surface area contributed by atoms with Crippen LogP contribution in [0.2, 0.25) is 0 Å². The molecule has 2 heteroatoms. The van der Waals surface area contributed by atoms with Gasteiger partial charge in [0.2, 0.25) is 0 Å². The minimum Gasteiger partial charge on any atom is -0.317 e. The van der Waals surface area contributed by atoms with E-state index in [1.165, 1.54) is 36.1 Å². The summed E-state index contributed by atoms with van der Waals surface area (Å²) in [7, 11) is 2.12. The number of rotatable bonds is 4. The van der Waals surface area contributed by atoms with Crippen LogP contribution in [-0.4, -0.2) is 13.1 Å². The van der Waals surface area contributed by atoms with E-state index >= 15 is 0 Å². The Hall–Kier alpha value is -1.12. The highest BCUT2D eigenvalue weighted by Gasteiger charge is 2.30. The van der Waals surface area contributed by atoms with Gasteiger partial charge in [0.15, 0.2) is 0 Å². The van der Waals surface area contributed by atoms with Crippen molar-refractivity contribution in [3.05, 3.63) is 58.3 Å². The van der Waals surface area contributed by atoms with Gasteiger partial charge in [-0.05, 0) is 61.6 Å². The van der Waals surface area contributed by atoms with Crippen LogP contribution in [0, 0.1) is 5.92 Å². The van der Waals surface area contributed by atoms with Gasteiger partial charge < -0.3 is 5.32 Å². The highest BCUT2D eigenvalue weighted by Crippen LogP contribution is 2.38. The Kier molecular flexibility index (Phi) is 4.54. The third-order valence-corrected chi connectivity index (χ3v) is 5.57. The topological polar surface area (TPSA) is 12.0 Å². The molecule has 3 rings (SSSR count). The van der Waals surface area contributed by atoms with E-state index in [0.29, 0.717) is 6.04 Å². The molecule has 20 heavy (non-hydrogen) atoms. The van der Waals surface area contributed by atoms with Gasteiger partial charge in [-0.25, -0.2) is 0 Å².